The van der Waals surface area contributed by atoms with Gasteiger partial charge in [0, 0.05) is 17.9 Å². The van der Waals surface area contributed by atoms with E-state index >= 15 is 0 Å². The van der Waals surface area contributed by atoms with E-state index in [1.165, 1.54) is 4.90 Å². The summed E-state index contributed by atoms with van der Waals surface area (Å²) in [5.74, 6) is -2.40. The van der Waals surface area contributed by atoms with Gasteiger partial charge in [-0.15, -0.1) is 0 Å². The van der Waals surface area contributed by atoms with Gasteiger partial charge in [-0.3, -0.25) is 0 Å². The molecule has 10 heteroatoms. The Hall–Kier alpha value is -2.26. The molecule has 2 aromatic rings. The van der Waals surface area contributed by atoms with Crippen LogP contribution in [0.15, 0.2) is 18.5 Å². The SMILES string of the molecule is CC(C)(N)c1cnc(OC2CN(C(=O)N3CC(F)(F)C3)C2)c2cnc(Cl)cc12. The molecule has 4 heterocycles. The van der Waals surface area contributed by atoms with Crippen molar-refractivity contribution >= 4 is 28.4 Å². The molecule has 2 aliphatic rings. The molecule has 2 fully saturated rings. The number of nitrogens with zero attached hydrogens (tertiary/aromatic N) is 4. The number of hydrogen-bond donors (Lipinski definition) is 1. The molecular weight excluding hydrogens is 392 g/mol. The second kappa shape index (κ2) is 6.38. The lowest BCUT2D eigenvalue weighted by atomic mass is 9.93. The summed E-state index contributed by atoms with van der Waals surface area (Å²) in [4.78, 5) is 23.2. The van der Waals surface area contributed by atoms with Crippen LogP contribution in [0.2, 0.25) is 5.15 Å². The van der Waals surface area contributed by atoms with Gasteiger partial charge in [-0.2, -0.15) is 0 Å². The Morgan fingerprint density at radius 1 is 1.25 bits per heavy atom. The van der Waals surface area contributed by atoms with Crippen molar-refractivity contribution in [1.82, 2.24) is 19.8 Å². The molecule has 0 aliphatic carbocycles. The average Bonchev–Trinajstić information content (AvgIpc) is 2.53. The Morgan fingerprint density at radius 3 is 2.54 bits per heavy atom. The largest absolute Gasteiger partial charge is 0.470 e. The number of rotatable bonds is 3. The fourth-order valence-electron chi connectivity index (χ4n) is 3.37. The third-order valence-corrected chi connectivity index (χ3v) is 5.11. The van der Waals surface area contributed by atoms with Gasteiger partial charge in [0.2, 0.25) is 5.88 Å². The zero-order chi connectivity index (χ0) is 20.3. The fraction of sp³-hybridized carbons (Fsp3) is 0.500. The van der Waals surface area contributed by atoms with Crippen LogP contribution in [0.25, 0.3) is 10.8 Å². The van der Waals surface area contributed by atoms with Gasteiger partial charge >= 0.3 is 6.03 Å². The van der Waals surface area contributed by atoms with E-state index in [1.807, 2.05) is 13.8 Å². The highest BCUT2D eigenvalue weighted by Gasteiger charge is 2.49. The number of nitrogens with two attached hydrogens (primary N) is 1. The molecule has 2 saturated heterocycles. The minimum Gasteiger partial charge on any atom is -0.470 e. The van der Waals surface area contributed by atoms with E-state index in [9.17, 15) is 13.6 Å². The first kappa shape index (κ1) is 19.1. The lowest BCUT2D eigenvalue weighted by Gasteiger charge is -2.46. The van der Waals surface area contributed by atoms with Crippen LogP contribution in [0.3, 0.4) is 0 Å². The molecule has 0 spiro atoms. The zero-order valence-electron chi connectivity index (χ0n) is 15.5. The molecule has 0 aromatic carbocycles. The molecule has 2 aliphatic heterocycles. The van der Waals surface area contributed by atoms with Gasteiger partial charge in [0.25, 0.3) is 5.92 Å². The van der Waals surface area contributed by atoms with Gasteiger partial charge in [-0.1, -0.05) is 11.6 Å². The van der Waals surface area contributed by atoms with Crippen molar-refractivity contribution < 1.29 is 18.3 Å². The van der Waals surface area contributed by atoms with Gasteiger partial charge in [0.15, 0.2) is 0 Å². The predicted molar refractivity (Wildman–Crippen MR) is 99.7 cm³/mol. The average molecular weight is 412 g/mol. The summed E-state index contributed by atoms with van der Waals surface area (Å²) in [5, 5.41) is 1.81. The molecule has 0 radical (unpaired) electrons. The van der Waals surface area contributed by atoms with Crippen molar-refractivity contribution in [3.63, 3.8) is 0 Å². The molecule has 0 unspecified atom stereocenters. The highest BCUT2D eigenvalue weighted by molar-refractivity contribution is 6.30. The summed E-state index contributed by atoms with van der Waals surface area (Å²) in [6.45, 7) is 3.32. The minimum absolute atomic E-state index is 0.270. The number of amides is 2. The lowest BCUT2D eigenvalue weighted by Crippen LogP contribution is -2.66. The Morgan fingerprint density at radius 2 is 1.93 bits per heavy atom. The maximum atomic E-state index is 12.9. The number of pyridine rings is 2. The number of hydrogen-bond acceptors (Lipinski definition) is 5. The molecule has 150 valence electrons. The van der Waals surface area contributed by atoms with E-state index in [1.54, 1.807) is 18.5 Å². The summed E-state index contributed by atoms with van der Waals surface area (Å²) in [7, 11) is 0. The van der Waals surface area contributed by atoms with E-state index < -0.39 is 30.6 Å². The van der Waals surface area contributed by atoms with Crippen LogP contribution in [0.5, 0.6) is 5.88 Å². The van der Waals surface area contributed by atoms with Gasteiger partial charge in [-0.05, 0) is 30.9 Å². The zero-order valence-corrected chi connectivity index (χ0v) is 16.2. The van der Waals surface area contributed by atoms with Gasteiger partial charge in [0.05, 0.1) is 31.6 Å². The number of halogens is 3. The second-order valence-corrected chi connectivity index (χ2v) is 8.28. The first-order valence-electron chi connectivity index (χ1n) is 8.85. The van der Waals surface area contributed by atoms with Gasteiger partial charge in [-0.25, -0.2) is 23.5 Å². The number of carbonyl (C=O) groups is 1. The molecule has 2 N–H and O–H groups in total. The van der Waals surface area contributed by atoms with Crippen molar-refractivity contribution in [2.45, 2.75) is 31.4 Å². The van der Waals surface area contributed by atoms with Crippen molar-refractivity contribution in [2.75, 3.05) is 26.2 Å². The number of fused-ring (bicyclic) bond motifs is 1. The summed E-state index contributed by atoms with van der Waals surface area (Å²) >= 11 is 6.04. The van der Waals surface area contributed by atoms with E-state index in [2.05, 4.69) is 9.97 Å². The van der Waals surface area contributed by atoms with Crippen LogP contribution < -0.4 is 10.5 Å². The summed E-state index contributed by atoms with van der Waals surface area (Å²) in [5.41, 5.74) is 6.41. The molecule has 0 atom stereocenters. The van der Waals surface area contributed by atoms with E-state index in [4.69, 9.17) is 22.1 Å². The van der Waals surface area contributed by atoms with Crippen LogP contribution in [0.1, 0.15) is 19.4 Å². The van der Waals surface area contributed by atoms with Crippen molar-refractivity contribution in [2.24, 2.45) is 5.73 Å². The smallest absolute Gasteiger partial charge is 0.320 e. The Balaban J connectivity index is 1.47. The van der Waals surface area contributed by atoms with E-state index in [0.29, 0.717) is 29.5 Å². The number of aromatic nitrogens is 2. The molecule has 4 rings (SSSR count). The normalized spacial score (nSPS) is 19.4. The highest BCUT2D eigenvalue weighted by atomic mass is 35.5. The third kappa shape index (κ3) is 3.44. The van der Waals surface area contributed by atoms with Crippen LogP contribution in [-0.2, 0) is 5.54 Å². The quantitative estimate of drug-likeness (QED) is 0.785. The van der Waals surface area contributed by atoms with E-state index in [-0.39, 0.29) is 6.10 Å². The topological polar surface area (TPSA) is 84.6 Å². The second-order valence-electron chi connectivity index (χ2n) is 7.89. The van der Waals surface area contributed by atoms with E-state index in [0.717, 1.165) is 15.8 Å². The lowest BCUT2D eigenvalue weighted by molar-refractivity contribution is -0.118. The highest BCUT2D eigenvalue weighted by Crippen LogP contribution is 2.34. The van der Waals surface area contributed by atoms with Crippen LogP contribution >= 0.6 is 11.6 Å². The van der Waals surface area contributed by atoms with Crippen LogP contribution in [0.4, 0.5) is 13.6 Å². The summed E-state index contributed by atoms with van der Waals surface area (Å²) in [6, 6.07) is 1.33. The van der Waals surface area contributed by atoms with Gasteiger partial charge < -0.3 is 20.3 Å². The van der Waals surface area contributed by atoms with Gasteiger partial charge in [0.1, 0.15) is 11.3 Å². The van der Waals surface area contributed by atoms with Crippen LogP contribution in [0, 0.1) is 0 Å². The minimum atomic E-state index is -2.77. The Kier molecular flexibility index (Phi) is 4.35. The monoisotopic (exact) mass is 411 g/mol. The van der Waals surface area contributed by atoms with Crippen molar-refractivity contribution in [3.8, 4) is 5.88 Å². The number of carbonyl (C=O) groups excluding carboxylic acids is 1. The fourth-order valence-corrected chi connectivity index (χ4v) is 3.52. The first-order valence-corrected chi connectivity index (χ1v) is 9.23. The molecule has 2 aromatic heterocycles. The third-order valence-electron chi connectivity index (χ3n) is 4.91. The first-order chi connectivity index (χ1) is 13.0. The Labute approximate surface area is 165 Å². The number of urea groups is 1. The molecule has 28 heavy (non-hydrogen) atoms. The summed E-state index contributed by atoms with van der Waals surface area (Å²) < 4.78 is 31.8. The van der Waals surface area contributed by atoms with Crippen molar-refractivity contribution in [1.29, 1.82) is 0 Å². The standard InChI is InChI=1S/C18H20ClF2N5O2/c1-17(2,22)13-5-24-15(12-4-23-14(19)3-11(12)13)28-10-6-25(7-10)16(27)26-8-18(20,21)9-26/h3-5,10H,6-9,22H2,1-2H3. The number of ether oxygens (including phenoxy) is 1. The maximum absolute atomic E-state index is 12.9. The molecule has 7 nitrogen and oxygen atoms in total. The molecule has 0 saturated carbocycles. The molecule has 2 amide bonds. The van der Waals surface area contributed by atoms with Crippen molar-refractivity contribution in [3.05, 3.63) is 29.2 Å². The number of likely N-dealkylation sites (tertiary alicyclic amines) is 2. The van der Waals surface area contributed by atoms with Crippen LogP contribution in [-0.4, -0.2) is 64.0 Å². The molecule has 0 bridgehead atoms. The molecular formula is C18H20ClF2N5O2. The summed E-state index contributed by atoms with van der Waals surface area (Å²) in [6.07, 6.45) is 2.96. The Bertz CT molecular complexity index is 935. The maximum Gasteiger partial charge on any atom is 0.320 e. The number of alkyl halides is 2. The predicted octanol–water partition coefficient (Wildman–Crippen LogP) is 2.61.